The SMILES string of the molecule is Cc1nnc(-c2ccc(NS(=O)(=O)c3ccc(C)s3)cc2)o1. The molecule has 0 radical (unpaired) electrons. The molecule has 2 heterocycles. The molecule has 22 heavy (non-hydrogen) atoms. The molecule has 3 rings (SSSR count). The minimum atomic E-state index is -3.55. The van der Waals surface area contributed by atoms with Crippen molar-refractivity contribution in [2.75, 3.05) is 4.72 Å². The van der Waals surface area contributed by atoms with Gasteiger partial charge in [-0.1, -0.05) is 0 Å². The fourth-order valence-corrected chi connectivity index (χ4v) is 4.20. The molecule has 0 atom stereocenters. The van der Waals surface area contributed by atoms with Crippen LogP contribution in [0.1, 0.15) is 10.8 Å². The van der Waals surface area contributed by atoms with E-state index in [4.69, 9.17) is 4.42 Å². The number of aromatic nitrogens is 2. The number of anilines is 1. The van der Waals surface area contributed by atoms with Crippen LogP contribution in [0.25, 0.3) is 11.5 Å². The summed E-state index contributed by atoms with van der Waals surface area (Å²) < 4.78 is 32.6. The van der Waals surface area contributed by atoms with Crippen molar-refractivity contribution in [3.63, 3.8) is 0 Å². The van der Waals surface area contributed by atoms with Crippen LogP contribution >= 0.6 is 11.3 Å². The van der Waals surface area contributed by atoms with Crippen LogP contribution in [0.15, 0.2) is 45.0 Å². The van der Waals surface area contributed by atoms with Gasteiger partial charge in [0.15, 0.2) is 0 Å². The van der Waals surface area contributed by atoms with Gasteiger partial charge in [-0.25, -0.2) is 8.42 Å². The van der Waals surface area contributed by atoms with Crippen molar-refractivity contribution < 1.29 is 12.8 Å². The van der Waals surface area contributed by atoms with Gasteiger partial charge in [0.1, 0.15) is 4.21 Å². The van der Waals surface area contributed by atoms with Gasteiger partial charge in [-0.15, -0.1) is 21.5 Å². The van der Waals surface area contributed by atoms with Crippen LogP contribution in [0, 0.1) is 13.8 Å². The van der Waals surface area contributed by atoms with Crippen LogP contribution in [0.5, 0.6) is 0 Å². The first-order valence-corrected chi connectivity index (χ1v) is 8.74. The smallest absolute Gasteiger partial charge is 0.271 e. The Morgan fingerprint density at radius 2 is 1.77 bits per heavy atom. The molecule has 1 N–H and O–H groups in total. The van der Waals surface area contributed by atoms with Crippen molar-refractivity contribution in [1.29, 1.82) is 0 Å². The Hall–Kier alpha value is -2.19. The zero-order chi connectivity index (χ0) is 15.7. The second kappa shape index (κ2) is 5.54. The number of hydrogen-bond donors (Lipinski definition) is 1. The second-order valence-corrected chi connectivity index (χ2v) is 7.87. The molecule has 3 aromatic rings. The molecule has 0 aliphatic heterocycles. The quantitative estimate of drug-likeness (QED) is 0.791. The fourth-order valence-electron chi connectivity index (χ4n) is 1.86. The molecule has 1 aromatic carbocycles. The van der Waals surface area contributed by atoms with Gasteiger partial charge in [0.2, 0.25) is 11.8 Å². The van der Waals surface area contributed by atoms with E-state index >= 15 is 0 Å². The van der Waals surface area contributed by atoms with E-state index in [-0.39, 0.29) is 0 Å². The van der Waals surface area contributed by atoms with Gasteiger partial charge in [0.05, 0.1) is 0 Å². The van der Waals surface area contributed by atoms with Gasteiger partial charge in [0.25, 0.3) is 10.0 Å². The van der Waals surface area contributed by atoms with E-state index in [0.29, 0.717) is 21.7 Å². The summed E-state index contributed by atoms with van der Waals surface area (Å²) >= 11 is 1.23. The van der Waals surface area contributed by atoms with Gasteiger partial charge in [-0.05, 0) is 43.3 Å². The Bertz CT molecular complexity index is 896. The maximum absolute atomic E-state index is 12.2. The van der Waals surface area contributed by atoms with Crippen molar-refractivity contribution in [3.8, 4) is 11.5 Å². The third-order valence-electron chi connectivity index (χ3n) is 2.89. The van der Waals surface area contributed by atoms with E-state index in [1.165, 1.54) is 11.3 Å². The Balaban J connectivity index is 1.82. The molecule has 0 fully saturated rings. The lowest BCUT2D eigenvalue weighted by Crippen LogP contribution is -2.11. The summed E-state index contributed by atoms with van der Waals surface area (Å²) in [4.78, 5) is 0.947. The molecule has 0 saturated heterocycles. The van der Waals surface area contributed by atoms with E-state index in [1.54, 1.807) is 43.3 Å². The monoisotopic (exact) mass is 335 g/mol. The zero-order valence-electron chi connectivity index (χ0n) is 11.9. The Kier molecular flexibility index (Phi) is 3.71. The Labute approximate surface area is 131 Å². The summed E-state index contributed by atoms with van der Waals surface area (Å²) in [5.74, 6) is 0.883. The van der Waals surface area contributed by atoms with Gasteiger partial charge >= 0.3 is 0 Å². The molecule has 8 heteroatoms. The molecule has 0 spiro atoms. The number of nitrogens with zero attached hydrogens (tertiary/aromatic N) is 2. The molecule has 0 saturated carbocycles. The lowest BCUT2D eigenvalue weighted by atomic mass is 10.2. The highest BCUT2D eigenvalue weighted by atomic mass is 32.2. The average molecular weight is 335 g/mol. The van der Waals surface area contributed by atoms with Crippen molar-refractivity contribution in [2.24, 2.45) is 0 Å². The number of rotatable bonds is 4. The van der Waals surface area contributed by atoms with Crippen molar-refractivity contribution in [1.82, 2.24) is 10.2 Å². The molecule has 0 aliphatic rings. The predicted molar refractivity (Wildman–Crippen MR) is 84.3 cm³/mol. The van der Waals surface area contributed by atoms with E-state index in [0.717, 1.165) is 10.4 Å². The predicted octanol–water partition coefficient (Wildman–Crippen LogP) is 3.22. The van der Waals surface area contributed by atoms with Gasteiger partial charge < -0.3 is 4.42 Å². The summed E-state index contributed by atoms with van der Waals surface area (Å²) in [5, 5.41) is 7.68. The molecule has 114 valence electrons. The van der Waals surface area contributed by atoms with E-state index in [9.17, 15) is 8.42 Å². The third-order valence-corrected chi connectivity index (χ3v) is 5.76. The largest absolute Gasteiger partial charge is 0.421 e. The Morgan fingerprint density at radius 1 is 1.05 bits per heavy atom. The first kappa shape index (κ1) is 14.7. The third kappa shape index (κ3) is 3.02. The lowest BCUT2D eigenvalue weighted by Gasteiger charge is -2.06. The molecule has 0 aliphatic carbocycles. The molecule has 6 nitrogen and oxygen atoms in total. The topological polar surface area (TPSA) is 85.1 Å². The summed E-state index contributed by atoms with van der Waals surface area (Å²) in [5.41, 5.74) is 1.21. The molecule has 0 unspecified atom stereocenters. The number of hydrogen-bond acceptors (Lipinski definition) is 6. The van der Waals surface area contributed by atoms with Gasteiger partial charge in [0, 0.05) is 23.1 Å². The number of thiophene rings is 1. The van der Waals surface area contributed by atoms with Crippen LogP contribution in [-0.2, 0) is 10.0 Å². The number of benzene rings is 1. The molecular formula is C14H13N3O3S2. The van der Waals surface area contributed by atoms with Crippen molar-refractivity contribution >= 4 is 27.0 Å². The van der Waals surface area contributed by atoms with Crippen LogP contribution in [-0.4, -0.2) is 18.6 Å². The highest BCUT2D eigenvalue weighted by Gasteiger charge is 2.16. The van der Waals surface area contributed by atoms with E-state index in [2.05, 4.69) is 14.9 Å². The molecule has 2 aromatic heterocycles. The maximum Gasteiger partial charge on any atom is 0.271 e. The van der Waals surface area contributed by atoms with E-state index < -0.39 is 10.0 Å². The minimum absolute atomic E-state index is 0.293. The number of aryl methyl sites for hydroxylation is 2. The zero-order valence-corrected chi connectivity index (χ0v) is 13.5. The first-order valence-electron chi connectivity index (χ1n) is 6.44. The second-order valence-electron chi connectivity index (χ2n) is 4.67. The van der Waals surface area contributed by atoms with E-state index in [1.807, 2.05) is 6.92 Å². The normalized spacial score (nSPS) is 11.5. The van der Waals surface area contributed by atoms with Crippen LogP contribution in [0.2, 0.25) is 0 Å². The average Bonchev–Trinajstić information content (AvgIpc) is 3.08. The van der Waals surface area contributed by atoms with Crippen LogP contribution in [0.4, 0.5) is 5.69 Å². The summed E-state index contributed by atoms with van der Waals surface area (Å²) in [6.45, 7) is 3.58. The summed E-state index contributed by atoms with van der Waals surface area (Å²) in [7, 11) is -3.55. The Morgan fingerprint density at radius 3 is 2.32 bits per heavy atom. The standard InChI is InChI=1S/C14H13N3O3S2/c1-9-3-8-13(21-9)22(18,19)17-12-6-4-11(5-7-12)14-16-15-10(2)20-14/h3-8,17H,1-2H3. The fraction of sp³-hybridized carbons (Fsp3) is 0.143. The summed E-state index contributed by atoms with van der Waals surface area (Å²) in [6, 6.07) is 10.1. The van der Waals surface area contributed by atoms with Gasteiger partial charge in [-0.2, -0.15) is 0 Å². The van der Waals surface area contributed by atoms with Gasteiger partial charge in [-0.3, -0.25) is 4.72 Å². The highest BCUT2D eigenvalue weighted by Crippen LogP contribution is 2.25. The van der Waals surface area contributed by atoms with Crippen molar-refractivity contribution in [2.45, 2.75) is 18.1 Å². The highest BCUT2D eigenvalue weighted by molar-refractivity contribution is 7.94. The lowest BCUT2D eigenvalue weighted by molar-refractivity contribution is 0.533. The van der Waals surface area contributed by atoms with Crippen molar-refractivity contribution in [3.05, 3.63) is 47.2 Å². The first-order chi connectivity index (χ1) is 10.4. The minimum Gasteiger partial charge on any atom is -0.421 e. The molecule has 0 bridgehead atoms. The van der Waals surface area contributed by atoms with Crippen LogP contribution in [0.3, 0.4) is 0 Å². The molecular weight excluding hydrogens is 322 g/mol. The summed E-state index contributed by atoms with van der Waals surface area (Å²) in [6.07, 6.45) is 0. The number of sulfonamides is 1. The number of nitrogens with one attached hydrogen (secondary N) is 1. The maximum atomic E-state index is 12.2. The van der Waals surface area contributed by atoms with Crippen LogP contribution < -0.4 is 4.72 Å². The molecule has 0 amide bonds.